The largest absolute Gasteiger partial charge is 0.367 e. The van der Waals surface area contributed by atoms with E-state index in [0.717, 1.165) is 25.2 Å². The zero-order valence-corrected chi connectivity index (χ0v) is 19.9. The number of hydrogen-bond acceptors (Lipinski definition) is 5. The van der Waals surface area contributed by atoms with Crippen LogP contribution in [0.3, 0.4) is 0 Å². The average molecular weight is 482 g/mol. The molecule has 2 aromatic carbocycles. The number of hydrogen-bond donors (Lipinski definition) is 1. The number of nitrogens with one attached hydrogen (secondary N) is 1. The molecular weight excluding hydrogens is 454 g/mol. The maximum Gasteiger partial charge on any atom is 0.253 e. The summed E-state index contributed by atoms with van der Waals surface area (Å²) in [7, 11) is -3.48. The first kappa shape index (κ1) is 22.1. The summed E-state index contributed by atoms with van der Waals surface area (Å²) in [5, 5.41) is 1.76. The molecule has 0 unspecified atom stereocenters. The van der Waals surface area contributed by atoms with Crippen molar-refractivity contribution in [2.45, 2.75) is 36.1 Å². The molecule has 1 amide bonds. The molecule has 6 nitrogen and oxygen atoms in total. The Labute approximate surface area is 198 Å². The maximum atomic E-state index is 13.0. The highest BCUT2D eigenvalue weighted by Crippen LogP contribution is 2.25. The van der Waals surface area contributed by atoms with Crippen LogP contribution in [0.2, 0.25) is 0 Å². The van der Waals surface area contributed by atoms with Crippen LogP contribution >= 0.6 is 11.3 Å². The van der Waals surface area contributed by atoms with Gasteiger partial charge in [0.15, 0.2) is 0 Å². The van der Waals surface area contributed by atoms with E-state index in [1.807, 2.05) is 29.2 Å². The molecule has 0 atom stereocenters. The molecule has 8 heteroatoms. The standard InChI is InChI=1S/C25H27N3O3S2/c29-25(27-15-12-22(13-16-27)26-33(30,31)24-6-3-17-32-24)20-7-9-23(10-8-20)28-14-11-19-4-1-2-5-21(19)18-28/h1-10,17,22,26H,11-16,18H2. The molecule has 1 N–H and O–H groups in total. The Morgan fingerprint density at radius 3 is 2.33 bits per heavy atom. The minimum absolute atomic E-state index is 0.00473. The van der Waals surface area contributed by atoms with Crippen LogP contribution in [0.1, 0.15) is 34.3 Å². The molecular formula is C25H27N3O3S2. The normalized spacial score (nSPS) is 17.1. The first-order valence-corrected chi connectivity index (χ1v) is 13.6. The first-order valence-electron chi connectivity index (χ1n) is 11.3. The van der Waals surface area contributed by atoms with Crippen molar-refractivity contribution in [3.05, 3.63) is 82.7 Å². The molecule has 33 heavy (non-hydrogen) atoms. The number of amides is 1. The Morgan fingerprint density at radius 2 is 1.64 bits per heavy atom. The Balaban J connectivity index is 1.17. The van der Waals surface area contributed by atoms with E-state index in [9.17, 15) is 13.2 Å². The van der Waals surface area contributed by atoms with Gasteiger partial charge in [0.25, 0.3) is 5.91 Å². The number of carbonyl (C=O) groups is 1. The summed E-state index contributed by atoms with van der Waals surface area (Å²) in [6, 6.07) is 19.6. The van der Waals surface area contributed by atoms with Gasteiger partial charge in [-0.2, -0.15) is 0 Å². The van der Waals surface area contributed by atoms with Gasteiger partial charge in [0.05, 0.1) is 0 Å². The Morgan fingerprint density at radius 1 is 0.909 bits per heavy atom. The van der Waals surface area contributed by atoms with Gasteiger partial charge in [-0.25, -0.2) is 13.1 Å². The number of benzene rings is 2. The number of piperidine rings is 1. The lowest BCUT2D eigenvalue weighted by Gasteiger charge is -2.33. The van der Waals surface area contributed by atoms with Crippen molar-refractivity contribution >= 4 is 33.0 Å². The van der Waals surface area contributed by atoms with Gasteiger partial charge in [0.1, 0.15) is 4.21 Å². The number of nitrogens with zero attached hydrogens (tertiary/aromatic N) is 2. The molecule has 0 bridgehead atoms. The molecule has 1 fully saturated rings. The molecule has 1 saturated heterocycles. The van der Waals surface area contributed by atoms with Gasteiger partial charge in [0.2, 0.25) is 10.0 Å². The minimum atomic E-state index is -3.48. The van der Waals surface area contributed by atoms with E-state index < -0.39 is 10.0 Å². The Kier molecular flexibility index (Phi) is 6.23. The quantitative estimate of drug-likeness (QED) is 0.600. The second-order valence-corrected chi connectivity index (χ2v) is 11.5. The molecule has 172 valence electrons. The van der Waals surface area contributed by atoms with Crippen molar-refractivity contribution in [2.75, 3.05) is 24.5 Å². The highest BCUT2D eigenvalue weighted by atomic mass is 32.2. The van der Waals surface area contributed by atoms with E-state index in [1.165, 1.54) is 22.5 Å². The number of carbonyl (C=O) groups excluding carboxylic acids is 1. The van der Waals surface area contributed by atoms with Crippen LogP contribution in [-0.4, -0.2) is 44.9 Å². The summed E-state index contributed by atoms with van der Waals surface area (Å²) in [6.07, 6.45) is 2.26. The van der Waals surface area contributed by atoms with E-state index in [2.05, 4.69) is 33.9 Å². The molecule has 0 aliphatic carbocycles. The van der Waals surface area contributed by atoms with Crippen LogP contribution < -0.4 is 9.62 Å². The van der Waals surface area contributed by atoms with Gasteiger partial charge in [0, 0.05) is 43.5 Å². The van der Waals surface area contributed by atoms with E-state index >= 15 is 0 Å². The molecule has 3 heterocycles. The molecule has 2 aliphatic heterocycles. The summed E-state index contributed by atoms with van der Waals surface area (Å²) < 4.78 is 28.0. The third-order valence-electron chi connectivity index (χ3n) is 6.47. The molecule has 3 aromatic rings. The zero-order valence-electron chi connectivity index (χ0n) is 18.3. The summed E-state index contributed by atoms with van der Waals surface area (Å²) in [4.78, 5) is 17.2. The molecule has 0 spiro atoms. The summed E-state index contributed by atoms with van der Waals surface area (Å²) in [6.45, 7) is 2.94. The van der Waals surface area contributed by atoms with Gasteiger partial charge < -0.3 is 9.80 Å². The van der Waals surface area contributed by atoms with Crippen molar-refractivity contribution in [1.29, 1.82) is 0 Å². The Hall–Kier alpha value is -2.68. The molecule has 0 saturated carbocycles. The number of anilines is 1. The maximum absolute atomic E-state index is 13.0. The van der Waals surface area contributed by atoms with Crippen molar-refractivity contribution in [3.8, 4) is 0 Å². The van der Waals surface area contributed by atoms with Crippen LogP contribution in [0.5, 0.6) is 0 Å². The lowest BCUT2D eigenvalue weighted by atomic mass is 9.99. The van der Waals surface area contributed by atoms with Crippen molar-refractivity contribution in [3.63, 3.8) is 0 Å². The highest BCUT2D eigenvalue weighted by Gasteiger charge is 2.27. The first-order chi connectivity index (χ1) is 16.0. The fraction of sp³-hybridized carbons (Fsp3) is 0.320. The van der Waals surface area contributed by atoms with E-state index in [1.54, 1.807) is 17.5 Å². The molecule has 1 aromatic heterocycles. The second kappa shape index (κ2) is 9.29. The second-order valence-electron chi connectivity index (χ2n) is 8.61. The third kappa shape index (κ3) is 4.83. The highest BCUT2D eigenvalue weighted by molar-refractivity contribution is 7.91. The lowest BCUT2D eigenvalue weighted by molar-refractivity contribution is 0.0711. The Bertz CT molecular complexity index is 1220. The van der Waals surface area contributed by atoms with Crippen molar-refractivity contribution < 1.29 is 13.2 Å². The predicted molar refractivity (Wildman–Crippen MR) is 131 cm³/mol. The number of rotatable bonds is 5. The molecule has 0 radical (unpaired) electrons. The average Bonchev–Trinajstić information content (AvgIpc) is 3.40. The minimum Gasteiger partial charge on any atom is -0.367 e. The summed E-state index contributed by atoms with van der Waals surface area (Å²) >= 11 is 1.21. The van der Waals surface area contributed by atoms with Gasteiger partial charge in [-0.05, 0) is 66.1 Å². The predicted octanol–water partition coefficient (Wildman–Crippen LogP) is 3.89. The number of likely N-dealkylation sites (tertiary alicyclic amines) is 1. The van der Waals surface area contributed by atoms with E-state index in [4.69, 9.17) is 0 Å². The van der Waals surface area contributed by atoms with Gasteiger partial charge >= 0.3 is 0 Å². The summed E-state index contributed by atoms with van der Waals surface area (Å²) in [5.41, 5.74) is 4.58. The van der Waals surface area contributed by atoms with Crippen molar-refractivity contribution in [2.24, 2.45) is 0 Å². The summed E-state index contributed by atoms with van der Waals surface area (Å²) in [5.74, 6) is 0.00473. The van der Waals surface area contributed by atoms with Crippen LogP contribution in [0.4, 0.5) is 5.69 Å². The topological polar surface area (TPSA) is 69.7 Å². The number of fused-ring (bicyclic) bond motifs is 1. The smallest absolute Gasteiger partial charge is 0.253 e. The molecule has 2 aliphatic rings. The fourth-order valence-electron chi connectivity index (χ4n) is 4.61. The van der Waals surface area contributed by atoms with Gasteiger partial charge in [-0.1, -0.05) is 30.3 Å². The van der Waals surface area contributed by atoms with Gasteiger partial charge in [-0.15, -0.1) is 11.3 Å². The van der Waals surface area contributed by atoms with Crippen LogP contribution in [-0.2, 0) is 23.0 Å². The van der Waals surface area contributed by atoms with Crippen molar-refractivity contribution in [1.82, 2.24) is 9.62 Å². The van der Waals surface area contributed by atoms with Crippen LogP contribution in [0, 0.1) is 0 Å². The van der Waals surface area contributed by atoms with Gasteiger partial charge in [-0.3, -0.25) is 4.79 Å². The zero-order chi connectivity index (χ0) is 22.8. The lowest BCUT2D eigenvalue weighted by Crippen LogP contribution is -2.46. The van der Waals surface area contributed by atoms with Crippen LogP contribution in [0.25, 0.3) is 0 Å². The fourth-order valence-corrected chi connectivity index (χ4v) is 6.92. The number of thiophene rings is 1. The SMILES string of the molecule is O=C(c1ccc(N2CCc3ccccc3C2)cc1)N1CCC(NS(=O)(=O)c2cccs2)CC1. The van der Waals surface area contributed by atoms with E-state index in [0.29, 0.717) is 35.7 Å². The third-order valence-corrected chi connectivity index (χ3v) is 9.39. The van der Waals surface area contributed by atoms with Crippen LogP contribution in [0.15, 0.2) is 70.3 Å². The molecule has 5 rings (SSSR count). The number of sulfonamides is 1. The monoisotopic (exact) mass is 481 g/mol. The van der Waals surface area contributed by atoms with E-state index in [-0.39, 0.29) is 11.9 Å².